The lowest BCUT2D eigenvalue weighted by atomic mass is 10.1. The van der Waals surface area contributed by atoms with Crippen molar-refractivity contribution in [2.24, 2.45) is 5.92 Å². The summed E-state index contributed by atoms with van der Waals surface area (Å²) in [5.74, 6) is 0.746. The van der Waals surface area contributed by atoms with Crippen LogP contribution >= 0.6 is 11.6 Å². The monoisotopic (exact) mass is 226 g/mol. The van der Waals surface area contributed by atoms with Gasteiger partial charge in [-0.2, -0.15) is 0 Å². The second-order valence-corrected chi connectivity index (χ2v) is 4.40. The zero-order valence-electron chi connectivity index (χ0n) is 9.46. The molecule has 0 aliphatic carbocycles. The van der Waals surface area contributed by atoms with E-state index in [4.69, 9.17) is 11.6 Å². The molecule has 0 spiro atoms. The standard InChI is InChI=1S/C12H19ClN2/c1-3-4-10(2)7-14-8-11-5-6-12(13)15-9-11/h5-6,9-10,14H,3-4,7-8H2,1-2H3. The van der Waals surface area contributed by atoms with E-state index >= 15 is 0 Å². The Labute approximate surface area is 97.1 Å². The van der Waals surface area contributed by atoms with Crippen LogP contribution in [-0.4, -0.2) is 11.5 Å². The fourth-order valence-electron chi connectivity index (χ4n) is 1.57. The molecule has 1 aromatic rings. The first-order valence-electron chi connectivity index (χ1n) is 5.53. The number of hydrogen-bond acceptors (Lipinski definition) is 2. The van der Waals surface area contributed by atoms with E-state index < -0.39 is 0 Å². The number of pyridine rings is 1. The molecule has 0 fully saturated rings. The number of nitrogens with zero attached hydrogens (tertiary/aromatic N) is 1. The van der Waals surface area contributed by atoms with E-state index in [-0.39, 0.29) is 0 Å². The van der Waals surface area contributed by atoms with Gasteiger partial charge in [0.05, 0.1) is 0 Å². The van der Waals surface area contributed by atoms with Crippen LogP contribution in [0.1, 0.15) is 32.3 Å². The minimum absolute atomic E-state index is 0.554. The molecule has 1 atom stereocenters. The lowest BCUT2D eigenvalue weighted by Gasteiger charge is -2.11. The van der Waals surface area contributed by atoms with Crippen molar-refractivity contribution < 1.29 is 0 Å². The van der Waals surface area contributed by atoms with E-state index in [1.165, 1.54) is 18.4 Å². The second kappa shape index (κ2) is 6.81. The molecule has 0 aliphatic rings. The van der Waals surface area contributed by atoms with Crippen LogP contribution in [0.25, 0.3) is 0 Å². The van der Waals surface area contributed by atoms with Crippen LogP contribution in [0.2, 0.25) is 5.15 Å². The van der Waals surface area contributed by atoms with Crippen LogP contribution in [0.3, 0.4) is 0 Å². The van der Waals surface area contributed by atoms with Gasteiger partial charge in [0.1, 0.15) is 5.15 Å². The SMILES string of the molecule is CCCC(C)CNCc1ccc(Cl)nc1. The number of hydrogen-bond donors (Lipinski definition) is 1. The van der Waals surface area contributed by atoms with Crippen molar-refractivity contribution in [1.82, 2.24) is 10.3 Å². The van der Waals surface area contributed by atoms with E-state index in [1.807, 2.05) is 18.3 Å². The maximum atomic E-state index is 5.71. The summed E-state index contributed by atoms with van der Waals surface area (Å²) >= 11 is 5.71. The van der Waals surface area contributed by atoms with E-state index in [9.17, 15) is 0 Å². The quantitative estimate of drug-likeness (QED) is 0.754. The average Bonchev–Trinajstić information content (AvgIpc) is 2.21. The topological polar surface area (TPSA) is 24.9 Å². The number of rotatable bonds is 6. The number of nitrogens with one attached hydrogen (secondary N) is 1. The Bertz CT molecular complexity index is 271. The molecule has 15 heavy (non-hydrogen) atoms. The molecule has 0 aromatic carbocycles. The zero-order chi connectivity index (χ0) is 11.1. The Hall–Kier alpha value is -0.600. The molecular weight excluding hydrogens is 208 g/mol. The maximum absolute atomic E-state index is 5.71. The summed E-state index contributed by atoms with van der Waals surface area (Å²) in [5, 5.41) is 3.98. The third-order valence-corrected chi connectivity index (χ3v) is 2.62. The van der Waals surface area contributed by atoms with Gasteiger partial charge in [-0.05, 0) is 30.5 Å². The molecule has 1 rings (SSSR count). The summed E-state index contributed by atoms with van der Waals surface area (Å²) in [6.45, 7) is 6.44. The van der Waals surface area contributed by atoms with E-state index in [0.717, 1.165) is 19.0 Å². The molecular formula is C12H19ClN2. The molecule has 1 N–H and O–H groups in total. The summed E-state index contributed by atoms with van der Waals surface area (Å²) in [5.41, 5.74) is 1.18. The summed E-state index contributed by atoms with van der Waals surface area (Å²) < 4.78 is 0. The first-order chi connectivity index (χ1) is 7.22. The summed E-state index contributed by atoms with van der Waals surface area (Å²) in [4.78, 5) is 4.04. The maximum Gasteiger partial charge on any atom is 0.129 e. The molecule has 1 heterocycles. The van der Waals surface area contributed by atoms with Gasteiger partial charge in [0.15, 0.2) is 0 Å². The minimum Gasteiger partial charge on any atom is -0.312 e. The lowest BCUT2D eigenvalue weighted by molar-refractivity contribution is 0.475. The van der Waals surface area contributed by atoms with Gasteiger partial charge < -0.3 is 5.32 Å². The molecule has 0 saturated carbocycles. The third kappa shape index (κ3) is 5.14. The summed E-state index contributed by atoms with van der Waals surface area (Å²) in [6.07, 6.45) is 4.36. The van der Waals surface area contributed by atoms with Crippen molar-refractivity contribution in [2.75, 3.05) is 6.54 Å². The predicted octanol–water partition coefficient (Wildman–Crippen LogP) is 3.26. The third-order valence-electron chi connectivity index (χ3n) is 2.39. The van der Waals surface area contributed by atoms with Gasteiger partial charge in [0.2, 0.25) is 0 Å². The van der Waals surface area contributed by atoms with Crippen LogP contribution in [0.15, 0.2) is 18.3 Å². The molecule has 1 unspecified atom stereocenters. The largest absolute Gasteiger partial charge is 0.312 e. The van der Waals surface area contributed by atoms with Crippen molar-refractivity contribution in [3.05, 3.63) is 29.0 Å². The highest BCUT2D eigenvalue weighted by Gasteiger charge is 2.00. The Balaban J connectivity index is 2.22. The first-order valence-corrected chi connectivity index (χ1v) is 5.91. The van der Waals surface area contributed by atoms with Crippen LogP contribution in [0.5, 0.6) is 0 Å². The van der Waals surface area contributed by atoms with E-state index in [0.29, 0.717) is 5.15 Å². The van der Waals surface area contributed by atoms with Gasteiger partial charge in [-0.25, -0.2) is 4.98 Å². The van der Waals surface area contributed by atoms with E-state index in [2.05, 4.69) is 24.1 Å². The van der Waals surface area contributed by atoms with Gasteiger partial charge in [-0.3, -0.25) is 0 Å². The van der Waals surface area contributed by atoms with E-state index in [1.54, 1.807) is 0 Å². The van der Waals surface area contributed by atoms with Crippen LogP contribution < -0.4 is 5.32 Å². The molecule has 0 aliphatic heterocycles. The summed E-state index contributed by atoms with van der Waals surface area (Å²) in [7, 11) is 0. The molecule has 3 heteroatoms. The predicted molar refractivity (Wildman–Crippen MR) is 65.0 cm³/mol. The van der Waals surface area contributed by atoms with Gasteiger partial charge in [0, 0.05) is 12.7 Å². The Morgan fingerprint density at radius 1 is 1.47 bits per heavy atom. The molecule has 2 nitrogen and oxygen atoms in total. The minimum atomic E-state index is 0.554. The van der Waals surface area contributed by atoms with Gasteiger partial charge >= 0.3 is 0 Å². The van der Waals surface area contributed by atoms with Crippen molar-refractivity contribution in [2.45, 2.75) is 33.2 Å². The van der Waals surface area contributed by atoms with Crippen LogP contribution in [-0.2, 0) is 6.54 Å². The van der Waals surface area contributed by atoms with Gasteiger partial charge in [0.25, 0.3) is 0 Å². The highest BCUT2D eigenvalue weighted by Crippen LogP contribution is 2.06. The highest BCUT2D eigenvalue weighted by atomic mass is 35.5. The number of halogens is 1. The zero-order valence-corrected chi connectivity index (χ0v) is 10.2. The smallest absolute Gasteiger partial charge is 0.129 e. The second-order valence-electron chi connectivity index (χ2n) is 4.01. The van der Waals surface area contributed by atoms with Gasteiger partial charge in [-0.15, -0.1) is 0 Å². The number of aromatic nitrogens is 1. The Kier molecular flexibility index (Phi) is 5.66. The lowest BCUT2D eigenvalue weighted by Crippen LogP contribution is -2.20. The Morgan fingerprint density at radius 3 is 2.87 bits per heavy atom. The summed E-state index contributed by atoms with van der Waals surface area (Å²) in [6, 6.07) is 3.83. The first kappa shape index (κ1) is 12.5. The normalized spacial score (nSPS) is 12.7. The molecule has 1 aromatic heterocycles. The molecule has 0 radical (unpaired) electrons. The highest BCUT2D eigenvalue weighted by molar-refractivity contribution is 6.29. The molecule has 84 valence electrons. The fraction of sp³-hybridized carbons (Fsp3) is 0.583. The van der Waals surface area contributed by atoms with Crippen LogP contribution in [0.4, 0.5) is 0 Å². The fourth-order valence-corrected chi connectivity index (χ4v) is 1.68. The van der Waals surface area contributed by atoms with Crippen molar-refractivity contribution in [3.8, 4) is 0 Å². The van der Waals surface area contributed by atoms with Crippen LogP contribution in [0, 0.1) is 5.92 Å². The molecule has 0 amide bonds. The van der Waals surface area contributed by atoms with Crippen molar-refractivity contribution >= 4 is 11.6 Å². The average molecular weight is 227 g/mol. The molecule has 0 saturated heterocycles. The Morgan fingerprint density at radius 2 is 2.27 bits per heavy atom. The van der Waals surface area contributed by atoms with Crippen molar-refractivity contribution in [1.29, 1.82) is 0 Å². The van der Waals surface area contributed by atoms with Crippen molar-refractivity contribution in [3.63, 3.8) is 0 Å². The van der Waals surface area contributed by atoms with Gasteiger partial charge in [-0.1, -0.05) is 37.9 Å². The molecule has 0 bridgehead atoms.